The number of aromatic nitrogens is 2. The molecule has 2 atom stereocenters. The van der Waals surface area contributed by atoms with E-state index in [4.69, 9.17) is 5.73 Å². The van der Waals surface area contributed by atoms with Crippen LogP contribution >= 0.6 is 11.8 Å². The standard InChI is InChI=1S/C10H16N4S/c1-15-9-5-12-10(13-6-9)14-8-3-2-7(11)4-8/h5-8H,2-4,11H2,1H3,(H,12,13,14)/t7-,8-/m0/s1. The third-order valence-electron chi connectivity index (χ3n) is 2.67. The lowest BCUT2D eigenvalue weighted by Crippen LogP contribution is -2.21. The minimum atomic E-state index is 0.341. The topological polar surface area (TPSA) is 63.8 Å². The van der Waals surface area contributed by atoms with Gasteiger partial charge in [-0.2, -0.15) is 0 Å². The van der Waals surface area contributed by atoms with Gasteiger partial charge in [-0.15, -0.1) is 11.8 Å². The number of nitrogens with two attached hydrogens (primary N) is 1. The van der Waals surface area contributed by atoms with Crippen LogP contribution in [0.5, 0.6) is 0 Å². The van der Waals surface area contributed by atoms with E-state index in [1.807, 2.05) is 18.6 Å². The van der Waals surface area contributed by atoms with Gasteiger partial charge in [-0.1, -0.05) is 0 Å². The Hall–Kier alpha value is -0.810. The van der Waals surface area contributed by atoms with E-state index in [0.29, 0.717) is 18.0 Å². The van der Waals surface area contributed by atoms with Crippen LogP contribution in [0, 0.1) is 0 Å². The van der Waals surface area contributed by atoms with Crippen LogP contribution in [-0.4, -0.2) is 28.3 Å². The van der Waals surface area contributed by atoms with E-state index in [0.717, 1.165) is 24.2 Å². The summed E-state index contributed by atoms with van der Waals surface area (Å²) >= 11 is 1.65. The maximum absolute atomic E-state index is 5.84. The first-order valence-corrected chi connectivity index (χ1v) is 6.38. The highest BCUT2D eigenvalue weighted by Crippen LogP contribution is 2.20. The number of anilines is 1. The molecule has 0 bridgehead atoms. The molecule has 0 radical (unpaired) electrons. The SMILES string of the molecule is CSc1cnc(N[C@H]2CC[C@H](N)C2)nc1. The van der Waals surface area contributed by atoms with E-state index in [9.17, 15) is 0 Å². The number of thioether (sulfide) groups is 1. The van der Waals surface area contributed by atoms with E-state index < -0.39 is 0 Å². The van der Waals surface area contributed by atoms with Crippen LogP contribution in [0.25, 0.3) is 0 Å². The van der Waals surface area contributed by atoms with Gasteiger partial charge in [-0.3, -0.25) is 0 Å². The molecule has 0 saturated heterocycles. The van der Waals surface area contributed by atoms with Crippen molar-refractivity contribution in [3.8, 4) is 0 Å². The maximum Gasteiger partial charge on any atom is 0.222 e. The van der Waals surface area contributed by atoms with Crippen molar-refractivity contribution in [1.29, 1.82) is 0 Å². The summed E-state index contributed by atoms with van der Waals surface area (Å²) in [6, 6.07) is 0.785. The fourth-order valence-electron chi connectivity index (χ4n) is 1.83. The minimum absolute atomic E-state index is 0.341. The zero-order valence-electron chi connectivity index (χ0n) is 8.81. The number of rotatable bonds is 3. The van der Waals surface area contributed by atoms with Crippen LogP contribution < -0.4 is 11.1 Å². The Balaban J connectivity index is 1.93. The van der Waals surface area contributed by atoms with Crippen molar-refractivity contribution in [2.45, 2.75) is 36.2 Å². The first kappa shape index (κ1) is 10.7. The monoisotopic (exact) mass is 224 g/mol. The second kappa shape index (κ2) is 4.81. The molecule has 1 heterocycles. The van der Waals surface area contributed by atoms with Crippen molar-refractivity contribution in [2.24, 2.45) is 5.73 Å². The van der Waals surface area contributed by atoms with E-state index in [1.165, 1.54) is 0 Å². The summed E-state index contributed by atoms with van der Waals surface area (Å²) < 4.78 is 0. The molecule has 1 fully saturated rings. The zero-order chi connectivity index (χ0) is 10.7. The zero-order valence-corrected chi connectivity index (χ0v) is 9.63. The Morgan fingerprint density at radius 2 is 2.13 bits per heavy atom. The summed E-state index contributed by atoms with van der Waals surface area (Å²) in [4.78, 5) is 9.60. The first-order chi connectivity index (χ1) is 7.28. The lowest BCUT2D eigenvalue weighted by Gasteiger charge is -2.11. The van der Waals surface area contributed by atoms with Crippen LogP contribution in [0.2, 0.25) is 0 Å². The van der Waals surface area contributed by atoms with Gasteiger partial charge in [0.1, 0.15) is 0 Å². The van der Waals surface area contributed by atoms with E-state index in [1.54, 1.807) is 11.8 Å². The van der Waals surface area contributed by atoms with Crippen molar-refractivity contribution in [1.82, 2.24) is 9.97 Å². The molecule has 0 aromatic carbocycles. The first-order valence-electron chi connectivity index (χ1n) is 5.16. The van der Waals surface area contributed by atoms with E-state index >= 15 is 0 Å². The van der Waals surface area contributed by atoms with Crippen LogP contribution in [0.1, 0.15) is 19.3 Å². The summed E-state index contributed by atoms with van der Waals surface area (Å²) in [7, 11) is 0. The molecule has 82 valence electrons. The lowest BCUT2D eigenvalue weighted by molar-refractivity contribution is 0.684. The highest BCUT2D eigenvalue weighted by Gasteiger charge is 2.21. The molecule has 2 rings (SSSR count). The highest BCUT2D eigenvalue weighted by molar-refractivity contribution is 7.98. The number of hydrogen-bond acceptors (Lipinski definition) is 5. The fourth-order valence-corrected chi connectivity index (χ4v) is 2.14. The van der Waals surface area contributed by atoms with Gasteiger partial charge in [0.25, 0.3) is 0 Å². The molecule has 0 amide bonds. The van der Waals surface area contributed by atoms with Gasteiger partial charge in [0, 0.05) is 29.4 Å². The predicted molar refractivity (Wildman–Crippen MR) is 63.1 cm³/mol. The molecule has 4 nitrogen and oxygen atoms in total. The van der Waals surface area contributed by atoms with Crippen molar-refractivity contribution in [2.75, 3.05) is 11.6 Å². The molecule has 0 aliphatic heterocycles. The van der Waals surface area contributed by atoms with E-state index in [-0.39, 0.29) is 0 Å². The Kier molecular flexibility index (Phi) is 3.43. The van der Waals surface area contributed by atoms with Crippen molar-refractivity contribution in [3.05, 3.63) is 12.4 Å². The number of nitrogens with one attached hydrogen (secondary N) is 1. The minimum Gasteiger partial charge on any atom is -0.351 e. The highest BCUT2D eigenvalue weighted by atomic mass is 32.2. The Labute approximate surface area is 94.1 Å². The number of nitrogens with zero attached hydrogens (tertiary/aromatic N) is 2. The third kappa shape index (κ3) is 2.82. The third-order valence-corrected chi connectivity index (χ3v) is 3.35. The van der Waals surface area contributed by atoms with Crippen molar-refractivity contribution < 1.29 is 0 Å². The Morgan fingerprint density at radius 1 is 1.40 bits per heavy atom. The maximum atomic E-state index is 5.84. The molecule has 3 N–H and O–H groups in total. The van der Waals surface area contributed by atoms with Crippen LogP contribution in [0.15, 0.2) is 17.3 Å². The quantitative estimate of drug-likeness (QED) is 0.762. The molecule has 0 spiro atoms. The summed E-state index contributed by atoms with van der Waals surface area (Å²) in [5.74, 6) is 0.715. The fraction of sp³-hybridized carbons (Fsp3) is 0.600. The molecule has 1 aliphatic carbocycles. The summed E-state index contributed by atoms with van der Waals surface area (Å²) in [6.45, 7) is 0. The summed E-state index contributed by atoms with van der Waals surface area (Å²) in [5, 5.41) is 3.31. The smallest absolute Gasteiger partial charge is 0.222 e. The largest absolute Gasteiger partial charge is 0.351 e. The molecule has 5 heteroatoms. The van der Waals surface area contributed by atoms with Crippen LogP contribution in [-0.2, 0) is 0 Å². The summed E-state index contributed by atoms with van der Waals surface area (Å²) in [5.41, 5.74) is 5.84. The van der Waals surface area contributed by atoms with Crippen LogP contribution in [0.3, 0.4) is 0 Å². The molecule has 0 unspecified atom stereocenters. The second-order valence-corrected chi connectivity index (χ2v) is 4.74. The average molecular weight is 224 g/mol. The normalized spacial score (nSPS) is 25.5. The molecular weight excluding hydrogens is 208 g/mol. The van der Waals surface area contributed by atoms with Gasteiger partial charge >= 0.3 is 0 Å². The van der Waals surface area contributed by atoms with E-state index in [2.05, 4.69) is 15.3 Å². The molecule has 1 aromatic heterocycles. The predicted octanol–water partition coefficient (Wildman–Crippen LogP) is 1.49. The Bertz CT molecular complexity index is 314. The molecule has 15 heavy (non-hydrogen) atoms. The lowest BCUT2D eigenvalue weighted by atomic mass is 10.2. The van der Waals surface area contributed by atoms with Crippen molar-refractivity contribution in [3.63, 3.8) is 0 Å². The molecule has 1 saturated carbocycles. The van der Waals surface area contributed by atoms with Gasteiger partial charge in [0.2, 0.25) is 5.95 Å². The van der Waals surface area contributed by atoms with Crippen LogP contribution in [0.4, 0.5) is 5.95 Å². The Morgan fingerprint density at radius 3 is 2.67 bits per heavy atom. The van der Waals surface area contributed by atoms with Gasteiger partial charge in [-0.25, -0.2) is 9.97 Å². The van der Waals surface area contributed by atoms with Crippen molar-refractivity contribution >= 4 is 17.7 Å². The van der Waals surface area contributed by atoms with Gasteiger partial charge in [0.05, 0.1) is 0 Å². The van der Waals surface area contributed by atoms with Gasteiger partial charge < -0.3 is 11.1 Å². The molecule has 1 aromatic rings. The molecular formula is C10H16N4S. The molecule has 1 aliphatic rings. The average Bonchev–Trinajstić information content (AvgIpc) is 2.65. The summed E-state index contributed by atoms with van der Waals surface area (Å²) in [6.07, 6.45) is 8.94. The van der Waals surface area contributed by atoms with Gasteiger partial charge in [-0.05, 0) is 25.5 Å². The van der Waals surface area contributed by atoms with Gasteiger partial charge in [0.15, 0.2) is 0 Å². The number of hydrogen-bond donors (Lipinski definition) is 2. The second-order valence-electron chi connectivity index (χ2n) is 3.86.